The Morgan fingerprint density at radius 1 is 0.544 bits per heavy atom. The average molecular weight is 841 g/mol. The van der Waals surface area contributed by atoms with E-state index in [0.29, 0.717) is 24.0 Å². The zero-order valence-corrected chi connectivity index (χ0v) is 33.7. The van der Waals surface area contributed by atoms with Crippen LogP contribution in [0.25, 0.3) is 21.5 Å². The Labute approximate surface area is 354 Å². The van der Waals surface area contributed by atoms with Gasteiger partial charge in [0.05, 0.1) is 31.0 Å². The van der Waals surface area contributed by atoms with Gasteiger partial charge in [-0.05, 0) is 72.5 Å². The third kappa shape index (κ3) is 10.5. The molecule has 0 aliphatic carbocycles. The van der Waals surface area contributed by atoms with Crippen molar-refractivity contribution in [3.05, 3.63) is 128 Å². The van der Waals surface area contributed by atoms with Crippen molar-refractivity contribution in [2.45, 2.75) is 36.5 Å². The smallest absolute Gasteiger partial charge is 0.744 e. The number of fused-ring (bicyclic) bond motifs is 2. The molecule has 0 bridgehead atoms. The predicted molar refractivity (Wildman–Crippen MR) is 206 cm³/mol. The summed E-state index contributed by atoms with van der Waals surface area (Å²) in [5.74, 6) is -0.560. The number of nitro groups is 2. The number of aryl methyl sites for hydroxylation is 2. The molecule has 0 aliphatic heterocycles. The molecule has 0 fully saturated rings. The van der Waals surface area contributed by atoms with Crippen molar-refractivity contribution in [3.63, 3.8) is 0 Å². The molecule has 0 spiro atoms. The number of azo groups is 2. The zero-order valence-electron chi connectivity index (χ0n) is 29.8. The van der Waals surface area contributed by atoms with Crippen molar-refractivity contribution in [1.29, 1.82) is 0 Å². The maximum atomic E-state index is 11.5. The van der Waals surface area contributed by atoms with Gasteiger partial charge in [0.2, 0.25) is 0 Å². The molecular weight excluding hydrogens is 813 g/mol. The predicted octanol–water partition coefficient (Wildman–Crippen LogP) is 8.29. The second kappa shape index (κ2) is 18.2. The van der Waals surface area contributed by atoms with Crippen molar-refractivity contribution in [1.82, 2.24) is 0 Å². The summed E-state index contributed by atoms with van der Waals surface area (Å²) in [5.41, 5.74) is 1.39. The second-order valence-corrected chi connectivity index (χ2v) is 14.5. The van der Waals surface area contributed by atoms with Gasteiger partial charge < -0.3 is 19.3 Å². The first-order chi connectivity index (χ1) is 26.4. The molecule has 0 saturated heterocycles. The molecule has 0 heterocycles. The third-order valence-electron chi connectivity index (χ3n) is 8.18. The Balaban J connectivity index is 0.000000248. The summed E-state index contributed by atoms with van der Waals surface area (Å²) in [4.78, 5) is 20.2. The molecule has 0 aromatic heterocycles. The first-order valence-electron chi connectivity index (χ1n) is 16.2. The molecule has 2 N–H and O–H groups in total. The fraction of sp³-hybridized carbons (Fsp3) is 0.111. The van der Waals surface area contributed by atoms with E-state index < -0.39 is 39.9 Å². The van der Waals surface area contributed by atoms with Crippen LogP contribution in [0.3, 0.4) is 0 Å². The van der Waals surface area contributed by atoms with Crippen molar-refractivity contribution in [3.8, 4) is 11.5 Å². The van der Waals surface area contributed by atoms with Crippen LogP contribution in [0.2, 0.25) is 0 Å². The standard InChI is InChI=1S/2C18H15N3O6S.Ca/c2*1-2-11-8-12(10-13(9-11)21(23)24)19-20-18-15-4-3-5-17(28(25,26)27)14(15)6-7-16(18)22;/h2*3-10,22H,2H2,1H3,(H,25,26,27);/q;;+2/p-2. The quantitative estimate of drug-likeness (QED) is 0.0433. The van der Waals surface area contributed by atoms with E-state index in [1.54, 1.807) is 12.1 Å². The van der Waals surface area contributed by atoms with Gasteiger partial charge in [0.1, 0.15) is 43.1 Å². The van der Waals surface area contributed by atoms with Gasteiger partial charge in [0, 0.05) is 45.8 Å². The van der Waals surface area contributed by atoms with E-state index in [1.165, 1.54) is 72.8 Å². The second-order valence-electron chi connectivity index (χ2n) is 11.8. The number of phenolic OH excluding ortho intramolecular Hbond substituents is 2. The number of nitrogens with zero attached hydrogens (tertiary/aromatic N) is 6. The van der Waals surface area contributed by atoms with Gasteiger partial charge in [0.15, 0.2) is 0 Å². The molecule has 0 amide bonds. The van der Waals surface area contributed by atoms with E-state index in [1.807, 2.05) is 13.8 Å². The molecule has 0 saturated carbocycles. The number of non-ortho nitro benzene ring substituents is 2. The molecule has 0 aliphatic rings. The molecule has 57 heavy (non-hydrogen) atoms. The molecule has 6 rings (SSSR count). The van der Waals surface area contributed by atoms with E-state index in [2.05, 4.69) is 20.5 Å². The van der Waals surface area contributed by atoms with Gasteiger partial charge in [-0.15, -0.1) is 10.2 Å². The zero-order chi connectivity index (χ0) is 40.9. The molecule has 18 nitrogen and oxygen atoms in total. The van der Waals surface area contributed by atoms with Gasteiger partial charge in [-0.3, -0.25) is 20.2 Å². The number of phenols is 2. The van der Waals surface area contributed by atoms with Crippen LogP contribution in [-0.2, 0) is 33.1 Å². The van der Waals surface area contributed by atoms with E-state index in [-0.39, 0.29) is 105 Å². The summed E-state index contributed by atoms with van der Waals surface area (Å²) in [6.07, 6.45) is 1.10. The van der Waals surface area contributed by atoms with Crippen LogP contribution in [0, 0.1) is 20.2 Å². The van der Waals surface area contributed by atoms with Gasteiger partial charge >= 0.3 is 37.7 Å². The minimum absolute atomic E-state index is 0. The Hall–Kier alpha value is -5.48. The Morgan fingerprint density at radius 2 is 0.912 bits per heavy atom. The molecular formula is C36H28CaN6O12S2. The van der Waals surface area contributed by atoms with E-state index >= 15 is 0 Å². The molecule has 6 aromatic carbocycles. The Morgan fingerprint density at radius 3 is 1.23 bits per heavy atom. The summed E-state index contributed by atoms with van der Waals surface area (Å²) >= 11 is 0. The number of nitro benzene ring substituents is 2. The molecule has 0 radical (unpaired) electrons. The van der Waals surface area contributed by atoms with Crippen molar-refractivity contribution in [2.24, 2.45) is 20.5 Å². The van der Waals surface area contributed by atoms with Gasteiger partial charge in [-0.25, -0.2) is 16.8 Å². The van der Waals surface area contributed by atoms with E-state index in [0.717, 1.165) is 12.1 Å². The number of hydrogen-bond donors (Lipinski definition) is 2. The number of benzene rings is 6. The summed E-state index contributed by atoms with van der Waals surface area (Å²) < 4.78 is 68.8. The Bertz CT molecular complexity index is 2640. The number of hydrogen-bond acceptors (Lipinski definition) is 16. The fourth-order valence-corrected chi connectivity index (χ4v) is 6.90. The van der Waals surface area contributed by atoms with Crippen LogP contribution >= 0.6 is 0 Å². The summed E-state index contributed by atoms with van der Waals surface area (Å²) in [7, 11) is -9.46. The van der Waals surface area contributed by atoms with Crippen LogP contribution in [0.15, 0.2) is 127 Å². The van der Waals surface area contributed by atoms with Gasteiger partial charge in [-0.1, -0.05) is 38.1 Å². The van der Waals surface area contributed by atoms with E-state index in [4.69, 9.17) is 0 Å². The van der Waals surface area contributed by atoms with Crippen LogP contribution in [0.4, 0.5) is 34.1 Å². The van der Waals surface area contributed by atoms with Crippen LogP contribution in [0.1, 0.15) is 25.0 Å². The monoisotopic (exact) mass is 840 g/mol. The minimum Gasteiger partial charge on any atom is -0.744 e. The first-order valence-corrected chi connectivity index (χ1v) is 19.0. The van der Waals surface area contributed by atoms with Crippen LogP contribution in [-0.4, -0.2) is 83.7 Å². The topological polar surface area (TPSA) is 291 Å². The number of rotatable bonds is 10. The molecule has 21 heteroatoms. The maximum Gasteiger partial charge on any atom is 2.00 e. The molecule has 6 aromatic rings. The van der Waals surface area contributed by atoms with E-state index in [9.17, 15) is 56.4 Å². The van der Waals surface area contributed by atoms with Gasteiger partial charge in [-0.2, -0.15) is 10.2 Å². The molecule has 288 valence electrons. The summed E-state index contributed by atoms with van der Waals surface area (Å²) in [6, 6.07) is 21.6. The van der Waals surface area contributed by atoms with Gasteiger partial charge in [0.25, 0.3) is 11.4 Å². The average Bonchev–Trinajstić information content (AvgIpc) is 3.15. The van der Waals surface area contributed by atoms with Crippen LogP contribution in [0.5, 0.6) is 11.5 Å². The van der Waals surface area contributed by atoms with Crippen molar-refractivity contribution >= 4 is 114 Å². The third-order valence-corrected chi connectivity index (χ3v) is 9.97. The summed E-state index contributed by atoms with van der Waals surface area (Å²) in [6.45, 7) is 3.67. The SMILES string of the molecule is CCc1cc(N=Nc2c(O)ccc3c(S(=O)(=O)[O-])cccc23)cc([N+](=O)[O-])c1.CCc1cc(N=Nc2c(O)ccc3c(S(=O)(=O)[O-])cccc23)cc([N+](=O)[O-])c1.[Ca+2]. The molecule has 0 unspecified atom stereocenters. The summed E-state index contributed by atoms with van der Waals surface area (Å²) in [5, 5.41) is 58.8. The Kier molecular flexibility index (Phi) is 14.1. The van der Waals surface area contributed by atoms with Crippen molar-refractivity contribution < 1.29 is 46.0 Å². The van der Waals surface area contributed by atoms with Crippen molar-refractivity contribution in [2.75, 3.05) is 0 Å². The largest absolute Gasteiger partial charge is 2.00 e. The first kappa shape index (κ1) is 44.2. The normalized spacial score (nSPS) is 11.7. The van der Waals surface area contributed by atoms with Crippen LogP contribution < -0.4 is 0 Å². The maximum absolute atomic E-state index is 11.5. The minimum atomic E-state index is -4.73. The molecule has 0 atom stereocenters. The number of aromatic hydroxyl groups is 2. The fourth-order valence-electron chi connectivity index (χ4n) is 5.51.